The zero-order valence-corrected chi connectivity index (χ0v) is 31.4. The molecule has 1 aliphatic rings. The molecule has 2 aromatic rings. The number of aryl methyl sites for hydroxylation is 1. The fourth-order valence-corrected chi connectivity index (χ4v) is 6.56. The van der Waals surface area contributed by atoms with Crippen molar-refractivity contribution in [2.24, 2.45) is 5.92 Å². The first-order chi connectivity index (χ1) is 26.7. The number of rotatable bonds is 22. The number of unbranched alkanes of at least 4 members (excludes halogenated alkanes) is 7. The first-order valence-electron chi connectivity index (χ1n) is 18.9. The van der Waals surface area contributed by atoms with Gasteiger partial charge in [0, 0.05) is 25.3 Å². The Hall–Kier alpha value is -3.26. The summed E-state index contributed by atoms with van der Waals surface area (Å²) in [5.74, 6) is -3.90. The Balaban J connectivity index is 1.43. The molecule has 0 bridgehead atoms. The third-order valence-electron chi connectivity index (χ3n) is 9.83. The van der Waals surface area contributed by atoms with Gasteiger partial charge in [0.1, 0.15) is 30.2 Å². The van der Waals surface area contributed by atoms with Crippen LogP contribution in [0.25, 0.3) is 0 Å². The quantitative estimate of drug-likeness (QED) is 0.0659. The number of hydrogen-bond donors (Lipinski definition) is 6. The minimum atomic E-state index is -5.36. The molecule has 1 amide bonds. The number of alkyl halides is 6. The maximum atomic E-state index is 13.3. The van der Waals surface area contributed by atoms with E-state index in [4.69, 9.17) is 9.47 Å². The number of carbonyl (C=O) groups is 2. The Kier molecular flexibility index (Phi) is 18.7. The van der Waals surface area contributed by atoms with Crippen molar-refractivity contribution in [3.63, 3.8) is 0 Å². The minimum absolute atomic E-state index is 0.191. The second kappa shape index (κ2) is 22.2. The van der Waals surface area contributed by atoms with Crippen molar-refractivity contribution in [1.82, 2.24) is 5.32 Å². The molecule has 1 saturated heterocycles. The van der Waals surface area contributed by atoms with Gasteiger partial charge in [-0.1, -0.05) is 50.7 Å². The minimum Gasteiger partial charge on any atom is -0.391 e. The molecule has 18 heteroatoms. The van der Waals surface area contributed by atoms with E-state index in [9.17, 15) is 70.2 Å². The molecule has 1 heterocycles. The SMILES string of the molecule is C[C@@H](O)[C@@H](O)[C@H](COC1OC(CNC(=O)Cc2ccc(C(F)(F)F)c(C(F)(F)F)c2)C(O)C(O)C1O)CC(=O)CCCCCCCCCCc1ccc(F)c(F)c1. The van der Waals surface area contributed by atoms with Gasteiger partial charge in [0.25, 0.3) is 0 Å². The molecule has 0 spiro atoms. The first-order valence-corrected chi connectivity index (χ1v) is 18.9. The summed E-state index contributed by atoms with van der Waals surface area (Å²) in [5, 5.41) is 54.3. The van der Waals surface area contributed by atoms with Gasteiger partial charge in [-0.2, -0.15) is 26.3 Å². The highest BCUT2D eigenvalue weighted by atomic mass is 19.4. The van der Waals surface area contributed by atoms with Crippen LogP contribution in [0.15, 0.2) is 36.4 Å². The average molecular weight is 830 g/mol. The fraction of sp³-hybridized carbons (Fsp3) is 0.641. The predicted octanol–water partition coefficient (Wildman–Crippen LogP) is 5.56. The number of amides is 1. The van der Waals surface area contributed by atoms with Crippen LogP contribution in [-0.4, -0.2) is 93.3 Å². The Bertz CT molecular complexity index is 1580. The van der Waals surface area contributed by atoms with E-state index in [1.54, 1.807) is 6.07 Å². The van der Waals surface area contributed by atoms with Gasteiger partial charge in [-0.3, -0.25) is 9.59 Å². The molecule has 0 aromatic heterocycles. The van der Waals surface area contributed by atoms with Crippen LogP contribution in [0.4, 0.5) is 35.1 Å². The topological polar surface area (TPSA) is 166 Å². The third-order valence-corrected chi connectivity index (χ3v) is 9.83. The van der Waals surface area contributed by atoms with E-state index in [2.05, 4.69) is 5.32 Å². The van der Waals surface area contributed by atoms with Crippen molar-refractivity contribution in [2.75, 3.05) is 13.2 Å². The lowest BCUT2D eigenvalue weighted by molar-refractivity contribution is -0.299. The Labute approximate surface area is 325 Å². The Morgan fingerprint density at radius 1 is 0.772 bits per heavy atom. The number of halogens is 8. The zero-order chi connectivity index (χ0) is 42.5. The van der Waals surface area contributed by atoms with E-state index in [1.165, 1.54) is 13.0 Å². The summed E-state index contributed by atoms with van der Waals surface area (Å²) >= 11 is 0. The standard InChI is InChI=1S/C39H51F8NO9/c1-22(49)33(52)25(19-26(50)11-9-7-5-3-2-4-6-8-10-23-13-15-29(40)30(41)17-23)21-56-37-36(55)35(54)34(53)31(57-37)20-48-32(51)18-24-12-14-27(38(42,43)44)28(16-24)39(45,46)47/h12-17,22,25,31,33-37,49,52-55H,2-11,18-21H2,1H3,(H,48,51)/t22-,25+,31?,33-,34?,35?,36?,37?/m1/s1. The molecule has 3 rings (SSSR count). The van der Waals surface area contributed by atoms with Gasteiger partial charge < -0.3 is 40.3 Å². The summed E-state index contributed by atoms with van der Waals surface area (Å²) in [5.41, 5.74) is -3.53. The van der Waals surface area contributed by atoms with Gasteiger partial charge >= 0.3 is 12.4 Å². The molecule has 322 valence electrons. The molecule has 2 aromatic carbocycles. The molecule has 10 nitrogen and oxygen atoms in total. The van der Waals surface area contributed by atoms with Gasteiger partial charge in [-0.25, -0.2) is 8.78 Å². The van der Waals surface area contributed by atoms with E-state index in [-0.39, 0.29) is 30.8 Å². The van der Waals surface area contributed by atoms with Crippen molar-refractivity contribution >= 4 is 11.7 Å². The number of hydrogen-bond acceptors (Lipinski definition) is 9. The van der Waals surface area contributed by atoms with Crippen molar-refractivity contribution in [2.45, 2.75) is 139 Å². The summed E-state index contributed by atoms with van der Waals surface area (Å²) in [6.45, 7) is 0.269. The zero-order valence-electron chi connectivity index (χ0n) is 31.4. The van der Waals surface area contributed by atoms with Crippen LogP contribution in [0.2, 0.25) is 0 Å². The molecule has 0 saturated carbocycles. The number of carbonyl (C=O) groups excluding carboxylic acids is 2. The smallest absolute Gasteiger partial charge is 0.391 e. The monoisotopic (exact) mass is 829 g/mol. The van der Waals surface area contributed by atoms with Crippen LogP contribution in [0.5, 0.6) is 0 Å². The average Bonchev–Trinajstić information content (AvgIpc) is 3.13. The highest BCUT2D eigenvalue weighted by Gasteiger charge is 2.45. The lowest BCUT2D eigenvalue weighted by Crippen LogP contribution is -2.61. The number of ketones is 1. The van der Waals surface area contributed by atoms with Crippen LogP contribution in [-0.2, 0) is 44.3 Å². The molecule has 0 aliphatic carbocycles. The summed E-state index contributed by atoms with van der Waals surface area (Å²) in [6, 6.07) is 5.04. The largest absolute Gasteiger partial charge is 0.417 e. The van der Waals surface area contributed by atoms with E-state index >= 15 is 0 Å². The van der Waals surface area contributed by atoms with Crippen LogP contribution in [0.1, 0.15) is 93.4 Å². The molecular formula is C39H51F8NO9. The number of ether oxygens (including phenoxy) is 2. The van der Waals surface area contributed by atoms with Crippen LogP contribution in [0, 0.1) is 17.6 Å². The maximum absolute atomic E-state index is 13.3. The molecule has 57 heavy (non-hydrogen) atoms. The van der Waals surface area contributed by atoms with E-state index < -0.39 is 115 Å². The summed E-state index contributed by atoms with van der Waals surface area (Å²) < 4.78 is 117. The van der Waals surface area contributed by atoms with Crippen molar-refractivity contribution in [1.29, 1.82) is 0 Å². The van der Waals surface area contributed by atoms with Crippen LogP contribution >= 0.6 is 0 Å². The second-order valence-electron chi connectivity index (χ2n) is 14.5. The normalized spacial score (nSPS) is 21.9. The van der Waals surface area contributed by atoms with E-state index in [0.717, 1.165) is 56.6 Å². The van der Waals surface area contributed by atoms with Crippen molar-refractivity contribution in [3.8, 4) is 0 Å². The van der Waals surface area contributed by atoms with Crippen molar-refractivity contribution < 1.29 is 79.7 Å². The summed E-state index contributed by atoms with van der Waals surface area (Å²) in [7, 11) is 0. The molecule has 1 aliphatic heterocycles. The van der Waals surface area contributed by atoms with Gasteiger partial charge in [-0.05, 0) is 61.6 Å². The second-order valence-corrected chi connectivity index (χ2v) is 14.5. The molecule has 0 radical (unpaired) electrons. The van der Waals surface area contributed by atoms with Gasteiger partial charge in [0.15, 0.2) is 17.9 Å². The first kappa shape index (κ1) is 48.1. The number of aliphatic hydroxyl groups is 5. The summed E-state index contributed by atoms with van der Waals surface area (Å²) in [6.07, 6.45) is -15.2. The van der Waals surface area contributed by atoms with Crippen LogP contribution in [0.3, 0.4) is 0 Å². The molecule has 5 unspecified atom stereocenters. The molecular weight excluding hydrogens is 778 g/mol. The number of nitrogens with one attached hydrogen (secondary N) is 1. The van der Waals surface area contributed by atoms with Crippen LogP contribution < -0.4 is 5.32 Å². The fourth-order valence-electron chi connectivity index (χ4n) is 6.56. The Morgan fingerprint density at radius 2 is 1.37 bits per heavy atom. The lowest BCUT2D eigenvalue weighted by atomic mass is 9.92. The molecule has 1 fully saturated rings. The molecule has 8 atom stereocenters. The highest BCUT2D eigenvalue weighted by molar-refractivity contribution is 5.79. The number of Topliss-reactive ketones (excluding diaryl/α,β-unsaturated/α-hetero) is 1. The van der Waals surface area contributed by atoms with Gasteiger partial charge in [-0.15, -0.1) is 0 Å². The number of aliphatic hydroxyl groups excluding tert-OH is 5. The van der Waals surface area contributed by atoms with Gasteiger partial charge in [0.2, 0.25) is 5.91 Å². The Morgan fingerprint density at radius 3 is 1.96 bits per heavy atom. The number of benzene rings is 2. The van der Waals surface area contributed by atoms with Gasteiger partial charge in [0.05, 0.1) is 36.4 Å². The predicted molar refractivity (Wildman–Crippen MR) is 188 cm³/mol. The molecule has 6 N–H and O–H groups in total. The maximum Gasteiger partial charge on any atom is 0.417 e. The summed E-state index contributed by atoms with van der Waals surface area (Å²) in [4.78, 5) is 25.3. The van der Waals surface area contributed by atoms with E-state index in [0.29, 0.717) is 18.9 Å². The highest BCUT2D eigenvalue weighted by Crippen LogP contribution is 2.40. The third kappa shape index (κ3) is 15.5. The lowest BCUT2D eigenvalue weighted by Gasteiger charge is -2.41. The van der Waals surface area contributed by atoms with Crippen molar-refractivity contribution in [3.05, 3.63) is 70.3 Å². The van der Waals surface area contributed by atoms with E-state index in [1.807, 2.05) is 0 Å².